The Morgan fingerprint density at radius 2 is 2.10 bits per heavy atom. The zero-order valence-corrected chi connectivity index (χ0v) is 12.1. The molecule has 0 spiro atoms. The van der Waals surface area contributed by atoms with Gasteiger partial charge >= 0.3 is 0 Å². The third kappa shape index (κ3) is 3.95. The fourth-order valence-corrected chi connectivity index (χ4v) is 1.85. The number of rotatable bonds is 7. The molecular weight excluding hydrogens is 268 g/mol. The van der Waals surface area contributed by atoms with E-state index in [1.54, 1.807) is 36.7 Å². The van der Waals surface area contributed by atoms with Crippen LogP contribution in [0.15, 0.2) is 36.7 Å². The minimum absolute atomic E-state index is 0.156. The van der Waals surface area contributed by atoms with Crippen molar-refractivity contribution in [2.24, 2.45) is 0 Å². The number of nitrogens with one attached hydrogen (secondary N) is 1. The van der Waals surface area contributed by atoms with E-state index in [1.807, 2.05) is 13.8 Å². The lowest BCUT2D eigenvalue weighted by Gasteiger charge is -2.10. The molecule has 5 heteroatoms. The summed E-state index contributed by atoms with van der Waals surface area (Å²) in [6.45, 7) is 4.82. The van der Waals surface area contributed by atoms with Crippen molar-refractivity contribution in [2.45, 2.75) is 13.8 Å². The van der Waals surface area contributed by atoms with E-state index < -0.39 is 0 Å². The molecule has 0 saturated heterocycles. The number of H-pyrrole nitrogens is 1. The minimum Gasteiger partial charge on any atom is -0.494 e. The van der Waals surface area contributed by atoms with Crippen LogP contribution >= 0.6 is 0 Å². The Balaban J connectivity index is 2.26. The van der Waals surface area contributed by atoms with E-state index in [1.165, 1.54) is 6.08 Å². The molecule has 0 aliphatic heterocycles. The largest absolute Gasteiger partial charge is 0.494 e. The smallest absolute Gasteiger partial charge is 0.189 e. The van der Waals surface area contributed by atoms with Gasteiger partial charge in [0.2, 0.25) is 0 Å². The van der Waals surface area contributed by atoms with Gasteiger partial charge in [-0.25, -0.2) is 4.98 Å². The van der Waals surface area contributed by atoms with Gasteiger partial charge in [-0.2, -0.15) is 0 Å². The fraction of sp³-hybridized carbons (Fsp3) is 0.250. The Kier molecular flexibility index (Phi) is 5.15. The van der Waals surface area contributed by atoms with Crippen molar-refractivity contribution in [3.05, 3.63) is 48.1 Å². The lowest BCUT2D eigenvalue weighted by Crippen LogP contribution is -2.03. The molecule has 2 rings (SSSR count). The van der Waals surface area contributed by atoms with Gasteiger partial charge < -0.3 is 14.5 Å². The zero-order chi connectivity index (χ0) is 15.1. The van der Waals surface area contributed by atoms with Crippen LogP contribution in [0.25, 0.3) is 6.08 Å². The number of allylic oxidation sites excluding steroid dienone is 1. The number of imidazole rings is 1. The molecule has 110 valence electrons. The van der Waals surface area contributed by atoms with Crippen LogP contribution in [0.3, 0.4) is 0 Å². The quantitative estimate of drug-likeness (QED) is 0.627. The summed E-state index contributed by atoms with van der Waals surface area (Å²) in [5.41, 5.74) is 0.477. The number of hydrogen-bond donors (Lipinski definition) is 1. The van der Waals surface area contributed by atoms with E-state index in [4.69, 9.17) is 9.47 Å². The van der Waals surface area contributed by atoms with Crippen molar-refractivity contribution in [3.8, 4) is 11.5 Å². The normalized spacial score (nSPS) is 10.8. The molecule has 5 nitrogen and oxygen atoms in total. The first-order valence-electron chi connectivity index (χ1n) is 6.86. The summed E-state index contributed by atoms with van der Waals surface area (Å²) in [6, 6.07) is 5.24. The monoisotopic (exact) mass is 286 g/mol. The van der Waals surface area contributed by atoms with Crippen molar-refractivity contribution < 1.29 is 14.3 Å². The molecule has 1 aromatic heterocycles. The summed E-state index contributed by atoms with van der Waals surface area (Å²) in [7, 11) is 0. The summed E-state index contributed by atoms with van der Waals surface area (Å²) in [6.07, 6.45) is 6.43. The number of benzene rings is 1. The SMILES string of the molecule is CCOc1ccc(OCC)c(C(=O)/C=C/c2ncc[nH]2)c1. The predicted molar refractivity (Wildman–Crippen MR) is 80.7 cm³/mol. The fourth-order valence-electron chi connectivity index (χ4n) is 1.85. The number of carbonyl (C=O) groups is 1. The zero-order valence-electron chi connectivity index (χ0n) is 12.1. The molecule has 1 aromatic carbocycles. The van der Waals surface area contributed by atoms with E-state index in [0.717, 1.165) is 0 Å². The Morgan fingerprint density at radius 3 is 2.76 bits per heavy atom. The van der Waals surface area contributed by atoms with E-state index in [-0.39, 0.29) is 5.78 Å². The van der Waals surface area contributed by atoms with Gasteiger partial charge in [-0.3, -0.25) is 4.79 Å². The second-order valence-corrected chi connectivity index (χ2v) is 4.20. The van der Waals surface area contributed by atoms with Crippen molar-refractivity contribution in [3.63, 3.8) is 0 Å². The highest BCUT2D eigenvalue weighted by molar-refractivity contribution is 6.08. The number of ketones is 1. The molecular formula is C16H18N2O3. The van der Waals surface area contributed by atoms with Gasteiger partial charge in [0.05, 0.1) is 18.8 Å². The molecule has 1 heterocycles. The van der Waals surface area contributed by atoms with Crippen LogP contribution in [0, 0.1) is 0 Å². The average molecular weight is 286 g/mol. The molecule has 0 unspecified atom stereocenters. The van der Waals surface area contributed by atoms with Crippen LogP contribution in [0.2, 0.25) is 0 Å². The van der Waals surface area contributed by atoms with Gasteiger partial charge in [0.1, 0.15) is 17.3 Å². The van der Waals surface area contributed by atoms with Gasteiger partial charge in [-0.05, 0) is 44.2 Å². The summed E-state index contributed by atoms with van der Waals surface area (Å²) < 4.78 is 10.9. The van der Waals surface area contributed by atoms with Gasteiger partial charge in [0.25, 0.3) is 0 Å². The maximum absolute atomic E-state index is 12.3. The number of carbonyl (C=O) groups excluding carboxylic acids is 1. The Hall–Kier alpha value is -2.56. The molecule has 0 saturated carbocycles. The highest BCUT2D eigenvalue weighted by Crippen LogP contribution is 2.25. The third-order valence-corrected chi connectivity index (χ3v) is 2.74. The molecule has 0 fully saturated rings. The first-order chi connectivity index (χ1) is 10.2. The second kappa shape index (κ2) is 7.28. The average Bonchev–Trinajstić information content (AvgIpc) is 3.00. The van der Waals surface area contributed by atoms with Crippen LogP contribution < -0.4 is 9.47 Å². The van der Waals surface area contributed by atoms with Gasteiger partial charge in [-0.1, -0.05) is 0 Å². The highest BCUT2D eigenvalue weighted by atomic mass is 16.5. The Morgan fingerprint density at radius 1 is 1.29 bits per heavy atom. The van der Waals surface area contributed by atoms with Crippen LogP contribution in [0.5, 0.6) is 11.5 Å². The molecule has 1 N–H and O–H groups in total. The lowest BCUT2D eigenvalue weighted by atomic mass is 10.1. The lowest BCUT2D eigenvalue weighted by molar-refractivity contribution is 0.104. The number of aromatic amines is 1. The predicted octanol–water partition coefficient (Wildman–Crippen LogP) is 3.10. The van der Waals surface area contributed by atoms with Crippen LogP contribution in [-0.4, -0.2) is 29.0 Å². The summed E-state index contributed by atoms with van der Waals surface area (Å²) >= 11 is 0. The van der Waals surface area contributed by atoms with E-state index >= 15 is 0 Å². The second-order valence-electron chi connectivity index (χ2n) is 4.20. The number of ether oxygens (including phenoxy) is 2. The molecule has 2 aromatic rings. The summed E-state index contributed by atoms with van der Waals surface area (Å²) in [4.78, 5) is 19.3. The topological polar surface area (TPSA) is 64.2 Å². The maximum Gasteiger partial charge on any atom is 0.189 e. The third-order valence-electron chi connectivity index (χ3n) is 2.74. The number of hydrogen-bond acceptors (Lipinski definition) is 4. The van der Waals surface area contributed by atoms with Crippen molar-refractivity contribution in [1.82, 2.24) is 9.97 Å². The van der Waals surface area contributed by atoms with Gasteiger partial charge in [0, 0.05) is 12.4 Å². The maximum atomic E-state index is 12.3. The van der Waals surface area contributed by atoms with Gasteiger partial charge in [0.15, 0.2) is 5.78 Å². The van der Waals surface area contributed by atoms with E-state index in [2.05, 4.69) is 9.97 Å². The van der Waals surface area contributed by atoms with Crippen LogP contribution in [-0.2, 0) is 0 Å². The van der Waals surface area contributed by atoms with E-state index in [0.29, 0.717) is 36.1 Å². The van der Waals surface area contributed by atoms with Crippen molar-refractivity contribution in [2.75, 3.05) is 13.2 Å². The minimum atomic E-state index is -0.156. The number of nitrogens with zero attached hydrogens (tertiary/aromatic N) is 1. The molecule has 0 aliphatic rings. The molecule has 0 atom stereocenters. The van der Waals surface area contributed by atoms with Crippen molar-refractivity contribution in [1.29, 1.82) is 0 Å². The van der Waals surface area contributed by atoms with Crippen LogP contribution in [0.1, 0.15) is 30.0 Å². The summed E-state index contributed by atoms with van der Waals surface area (Å²) in [5, 5.41) is 0. The first-order valence-corrected chi connectivity index (χ1v) is 6.86. The Labute approximate surface area is 123 Å². The van der Waals surface area contributed by atoms with Crippen molar-refractivity contribution >= 4 is 11.9 Å². The Bertz CT molecular complexity index is 618. The first kappa shape index (κ1) is 14.8. The standard InChI is InChI=1S/C16H18N2O3/c1-3-20-12-5-7-15(21-4-2)13(11-12)14(19)6-8-16-17-9-10-18-16/h5-11H,3-4H2,1-2H3,(H,17,18)/b8-6+. The summed E-state index contributed by atoms with van der Waals surface area (Å²) in [5.74, 6) is 1.67. The van der Waals surface area contributed by atoms with E-state index in [9.17, 15) is 4.79 Å². The molecule has 21 heavy (non-hydrogen) atoms. The molecule has 0 amide bonds. The molecule has 0 bridgehead atoms. The van der Waals surface area contributed by atoms with Crippen LogP contribution in [0.4, 0.5) is 0 Å². The van der Waals surface area contributed by atoms with Gasteiger partial charge in [-0.15, -0.1) is 0 Å². The molecule has 0 aliphatic carbocycles. The highest BCUT2D eigenvalue weighted by Gasteiger charge is 2.12. The molecule has 0 radical (unpaired) electrons. The number of aromatic nitrogens is 2.